The van der Waals surface area contributed by atoms with Crippen LogP contribution in [0.2, 0.25) is 0 Å². The van der Waals surface area contributed by atoms with E-state index in [0.717, 1.165) is 12.1 Å². The lowest BCUT2D eigenvalue weighted by Gasteiger charge is -1.94. The van der Waals surface area contributed by atoms with Crippen LogP contribution in [0, 0.1) is 23.5 Å². The molecule has 23 heavy (non-hydrogen) atoms. The van der Waals surface area contributed by atoms with E-state index in [1.807, 2.05) is 0 Å². The first-order valence-corrected chi connectivity index (χ1v) is 6.86. The Hall–Kier alpha value is -2.88. The predicted octanol–water partition coefficient (Wildman–Crippen LogP) is 3.02. The van der Waals surface area contributed by atoms with Crippen molar-refractivity contribution in [3.05, 3.63) is 53.4 Å². The van der Waals surface area contributed by atoms with Crippen LogP contribution < -0.4 is 0 Å². The Bertz CT molecular complexity index is 870. The van der Waals surface area contributed by atoms with Gasteiger partial charge in [-0.25, -0.2) is 18.2 Å². The molecular formula is C16H11F3N4. The molecular weight excluding hydrogens is 305 g/mol. The number of fused-ring (bicyclic) bond motifs is 1. The summed E-state index contributed by atoms with van der Waals surface area (Å²) in [7, 11) is 0. The molecule has 0 saturated carbocycles. The Morgan fingerprint density at radius 3 is 2.39 bits per heavy atom. The Balaban J connectivity index is 1.68. The molecule has 4 nitrogen and oxygen atoms in total. The standard InChI is InChI=1S/C16H11F3N4/c17-10-12-6-3-5-11(20-12)4-1-2-7-23-21-15-8-13(18)14(19)9-16(15)22-23/h3,5-6,8-9H,2,7,10H2. The minimum absolute atomic E-state index is 0.286. The second kappa shape index (κ2) is 6.48. The lowest BCUT2D eigenvalue weighted by Crippen LogP contribution is -2.01. The van der Waals surface area contributed by atoms with Crippen molar-refractivity contribution in [2.75, 3.05) is 0 Å². The van der Waals surface area contributed by atoms with Gasteiger partial charge in [0.2, 0.25) is 0 Å². The monoisotopic (exact) mass is 316 g/mol. The van der Waals surface area contributed by atoms with Gasteiger partial charge >= 0.3 is 0 Å². The van der Waals surface area contributed by atoms with E-state index in [9.17, 15) is 13.2 Å². The number of aryl methyl sites for hydroxylation is 1. The molecule has 0 N–H and O–H groups in total. The maximum absolute atomic E-state index is 13.1. The molecule has 3 rings (SSSR count). The topological polar surface area (TPSA) is 43.6 Å². The number of alkyl halides is 1. The zero-order chi connectivity index (χ0) is 16.2. The Kier molecular flexibility index (Phi) is 4.24. The van der Waals surface area contributed by atoms with Gasteiger partial charge in [0.05, 0.1) is 12.2 Å². The summed E-state index contributed by atoms with van der Waals surface area (Å²) < 4.78 is 38.7. The SMILES string of the molecule is FCc1cccc(C#CCCn2nc3cc(F)c(F)cc3n2)n1. The number of hydrogen-bond donors (Lipinski definition) is 0. The molecule has 3 aromatic rings. The summed E-state index contributed by atoms with van der Waals surface area (Å²) in [6.07, 6.45) is 0.424. The number of aromatic nitrogens is 4. The maximum atomic E-state index is 13.1. The highest BCUT2D eigenvalue weighted by Gasteiger charge is 2.08. The number of rotatable bonds is 3. The highest BCUT2D eigenvalue weighted by Crippen LogP contribution is 2.14. The molecule has 0 aliphatic rings. The first-order chi connectivity index (χ1) is 11.2. The zero-order valence-electron chi connectivity index (χ0n) is 11.9. The van der Waals surface area contributed by atoms with Crippen LogP contribution >= 0.6 is 0 Å². The van der Waals surface area contributed by atoms with E-state index in [2.05, 4.69) is 27.0 Å². The molecule has 0 fully saturated rings. The van der Waals surface area contributed by atoms with Crippen molar-refractivity contribution in [3.8, 4) is 11.8 Å². The largest absolute Gasteiger partial charge is 0.244 e. The average Bonchev–Trinajstić information content (AvgIpc) is 2.94. The number of hydrogen-bond acceptors (Lipinski definition) is 3. The molecule has 0 amide bonds. The molecule has 0 bridgehead atoms. The first-order valence-electron chi connectivity index (χ1n) is 6.86. The van der Waals surface area contributed by atoms with E-state index >= 15 is 0 Å². The molecule has 2 heterocycles. The van der Waals surface area contributed by atoms with Crippen molar-refractivity contribution in [2.24, 2.45) is 0 Å². The summed E-state index contributed by atoms with van der Waals surface area (Å²) in [5.41, 5.74) is 1.40. The molecule has 0 unspecified atom stereocenters. The molecule has 7 heteroatoms. The van der Waals surface area contributed by atoms with Crippen molar-refractivity contribution < 1.29 is 13.2 Å². The second-order valence-corrected chi connectivity index (χ2v) is 4.75. The average molecular weight is 316 g/mol. The third-order valence-electron chi connectivity index (χ3n) is 3.06. The molecule has 0 aliphatic carbocycles. The van der Waals surface area contributed by atoms with E-state index in [0.29, 0.717) is 24.4 Å². The number of benzene rings is 1. The third-order valence-corrected chi connectivity index (χ3v) is 3.06. The first kappa shape index (κ1) is 15.0. The summed E-state index contributed by atoms with van der Waals surface area (Å²) in [6.45, 7) is -0.264. The predicted molar refractivity (Wildman–Crippen MR) is 78.0 cm³/mol. The van der Waals surface area contributed by atoms with E-state index in [-0.39, 0.29) is 11.0 Å². The Labute approximate surface area is 130 Å². The van der Waals surface area contributed by atoms with Crippen LogP contribution in [0.4, 0.5) is 13.2 Å². The van der Waals surface area contributed by atoms with Crippen LogP contribution in [0.5, 0.6) is 0 Å². The van der Waals surface area contributed by atoms with Crippen molar-refractivity contribution in [1.82, 2.24) is 20.0 Å². The van der Waals surface area contributed by atoms with Gasteiger partial charge in [-0.2, -0.15) is 15.0 Å². The van der Waals surface area contributed by atoms with Gasteiger partial charge < -0.3 is 0 Å². The minimum Gasteiger partial charge on any atom is -0.244 e. The summed E-state index contributed by atoms with van der Waals surface area (Å²) in [5.74, 6) is 3.80. The molecule has 1 aromatic carbocycles. The van der Waals surface area contributed by atoms with Gasteiger partial charge in [-0.1, -0.05) is 12.0 Å². The van der Waals surface area contributed by atoms with Gasteiger partial charge in [-0.15, -0.1) is 0 Å². The summed E-state index contributed by atoms with van der Waals surface area (Å²) in [4.78, 5) is 5.36. The summed E-state index contributed by atoms with van der Waals surface area (Å²) in [6, 6.07) is 6.98. The normalized spacial score (nSPS) is 10.6. The smallest absolute Gasteiger partial charge is 0.161 e. The van der Waals surface area contributed by atoms with Gasteiger partial charge in [-0.05, 0) is 18.1 Å². The molecule has 0 atom stereocenters. The lowest BCUT2D eigenvalue weighted by atomic mass is 10.3. The van der Waals surface area contributed by atoms with Crippen molar-refractivity contribution in [1.29, 1.82) is 0 Å². The molecule has 2 aromatic heterocycles. The molecule has 0 radical (unpaired) electrons. The van der Waals surface area contributed by atoms with Gasteiger partial charge in [0.1, 0.15) is 23.4 Å². The highest BCUT2D eigenvalue weighted by molar-refractivity contribution is 5.73. The number of nitrogens with zero attached hydrogens (tertiary/aromatic N) is 4. The van der Waals surface area contributed by atoms with Crippen LogP contribution in [0.1, 0.15) is 17.8 Å². The highest BCUT2D eigenvalue weighted by atomic mass is 19.2. The van der Waals surface area contributed by atoms with Crippen molar-refractivity contribution in [3.63, 3.8) is 0 Å². The minimum atomic E-state index is -0.955. The van der Waals surface area contributed by atoms with Gasteiger partial charge in [0.15, 0.2) is 11.6 Å². The third kappa shape index (κ3) is 3.48. The van der Waals surface area contributed by atoms with Crippen LogP contribution in [-0.4, -0.2) is 20.0 Å². The molecule has 0 saturated heterocycles. The van der Waals surface area contributed by atoms with E-state index < -0.39 is 18.3 Å². The zero-order valence-corrected chi connectivity index (χ0v) is 11.9. The fourth-order valence-electron chi connectivity index (χ4n) is 1.99. The molecule has 0 spiro atoms. The van der Waals surface area contributed by atoms with Crippen LogP contribution in [0.15, 0.2) is 30.3 Å². The second-order valence-electron chi connectivity index (χ2n) is 4.75. The van der Waals surface area contributed by atoms with Gasteiger partial charge in [-0.3, -0.25) is 0 Å². The van der Waals surface area contributed by atoms with Gasteiger partial charge in [0.25, 0.3) is 0 Å². The summed E-state index contributed by atoms with van der Waals surface area (Å²) in [5, 5.41) is 8.10. The lowest BCUT2D eigenvalue weighted by molar-refractivity contribution is 0.476. The maximum Gasteiger partial charge on any atom is 0.161 e. The van der Waals surface area contributed by atoms with Crippen LogP contribution in [-0.2, 0) is 13.2 Å². The Morgan fingerprint density at radius 2 is 1.74 bits per heavy atom. The van der Waals surface area contributed by atoms with E-state index in [1.165, 1.54) is 4.80 Å². The van der Waals surface area contributed by atoms with E-state index in [4.69, 9.17) is 0 Å². The molecule has 116 valence electrons. The fraction of sp³-hybridized carbons (Fsp3) is 0.188. The fourth-order valence-corrected chi connectivity index (χ4v) is 1.99. The summed E-state index contributed by atoms with van der Waals surface area (Å²) >= 11 is 0. The van der Waals surface area contributed by atoms with Crippen molar-refractivity contribution >= 4 is 11.0 Å². The number of pyridine rings is 1. The molecule has 0 aliphatic heterocycles. The van der Waals surface area contributed by atoms with Crippen LogP contribution in [0.25, 0.3) is 11.0 Å². The number of halogens is 3. The van der Waals surface area contributed by atoms with Crippen molar-refractivity contribution in [2.45, 2.75) is 19.6 Å². The quantitative estimate of drug-likeness (QED) is 0.698. The van der Waals surface area contributed by atoms with E-state index in [1.54, 1.807) is 18.2 Å². The van der Waals surface area contributed by atoms with Crippen LogP contribution in [0.3, 0.4) is 0 Å². The van der Waals surface area contributed by atoms with Gasteiger partial charge in [0, 0.05) is 18.6 Å². The Morgan fingerprint density at radius 1 is 1.04 bits per heavy atom.